The molecular formula is C28H26N2O3S. The summed E-state index contributed by atoms with van der Waals surface area (Å²) in [5, 5.41) is 5.09. The Hall–Kier alpha value is -3.64. The summed E-state index contributed by atoms with van der Waals surface area (Å²) < 4.78 is 28.1. The van der Waals surface area contributed by atoms with Gasteiger partial charge in [0.15, 0.2) is 0 Å². The molecule has 0 saturated heterocycles. The van der Waals surface area contributed by atoms with Gasteiger partial charge >= 0.3 is 0 Å². The molecule has 0 fully saturated rings. The lowest BCUT2D eigenvalue weighted by molar-refractivity contribution is -0.116. The smallest absolute Gasteiger partial charge is 0.264 e. The number of carbonyl (C=O) groups is 1. The third-order valence-electron chi connectivity index (χ3n) is 6.28. The molecule has 6 heteroatoms. The molecule has 0 spiro atoms. The Bertz CT molecular complexity index is 1440. The first-order valence-corrected chi connectivity index (χ1v) is 12.9. The number of fused-ring (bicyclic) bond motifs is 2. The maximum atomic E-state index is 13.3. The minimum atomic E-state index is -3.63. The number of nitrogens with one attached hydrogen (secondary N) is 1. The first-order chi connectivity index (χ1) is 16.5. The molecule has 1 amide bonds. The van der Waals surface area contributed by atoms with E-state index in [0.717, 1.165) is 46.1 Å². The second kappa shape index (κ2) is 9.31. The molecule has 0 aromatic heterocycles. The van der Waals surface area contributed by atoms with E-state index in [0.29, 0.717) is 19.4 Å². The van der Waals surface area contributed by atoms with Gasteiger partial charge in [0.05, 0.1) is 10.6 Å². The van der Waals surface area contributed by atoms with Crippen molar-refractivity contribution < 1.29 is 13.2 Å². The van der Waals surface area contributed by atoms with Crippen LogP contribution in [0.15, 0.2) is 95.9 Å². The van der Waals surface area contributed by atoms with Crippen LogP contribution in [0.3, 0.4) is 0 Å². The Balaban J connectivity index is 1.25. The average Bonchev–Trinajstić information content (AvgIpc) is 2.87. The fourth-order valence-corrected chi connectivity index (χ4v) is 6.05. The molecule has 0 atom stereocenters. The van der Waals surface area contributed by atoms with E-state index in [-0.39, 0.29) is 10.8 Å². The van der Waals surface area contributed by atoms with Crippen LogP contribution in [0.5, 0.6) is 0 Å². The predicted molar refractivity (Wildman–Crippen MR) is 137 cm³/mol. The van der Waals surface area contributed by atoms with Crippen LogP contribution in [0.1, 0.15) is 24.0 Å². The van der Waals surface area contributed by atoms with Crippen molar-refractivity contribution in [2.45, 2.75) is 30.6 Å². The Kier molecular flexibility index (Phi) is 6.07. The van der Waals surface area contributed by atoms with Crippen molar-refractivity contribution in [3.8, 4) is 0 Å². The van der Waals surface area contributed by atoms with Gasteiger partial charge in [-0.15, -0.1) is 0 Å². The Morgan fingerprint density at radius 3 is 2.44 bits per heavy atom. The van der Waals surface area contributed by atoms with E-state index in [1.54, 1.807) is 24.3 Å². The molecule has 34 heavy (non-hydrogen) atoms. The van der Waals surface area contributed by atoms with Crippen LogP contribution in [0, 0.1) is 0 Å². The number of benzene rings is 4. The molecule has 1 N–H and O–H groups in total. The van der Waals surface area contributed by atoms with Gasteiger partial charge in [0.2, 0.25) is 5.91 Å². The van der Waals surface area contributed by atoms with Gasteiger partial charge in [-0.3, -0.25) is 9.10 Å². The zero-order valence-electron chi connectivity index (χ0n) is 18.8. The van der Waals surface area contributed by atoms with Gasteiger partial charge in [-0.1, -0.05) is 66.7 Å². The largest absolute Gasteiger partial charge is 0.326 e. The molecular weight excluding hydrogens is 444 g/mol. The molecule has 0 radical (unpaired) electrons. The van der Waals surface area contributed by atoms with Crippen LogP contribution >= 0.6 is 0 Å². The third-order valence-corrected chi connectivity index (χ3v) is 8.11. The number of sulfonamides is 1. The molecule has 0 aliphatic carbocycles. The highest BCUT2D eigenvalue weighted by Gasteiger charge is 2.28. The molecule has 1 aliphatic heterocycles. The summed E-state index contributed by atoms with van der Waals surface area (Å²) in [6.07, 6.45) is 2.54. The third kappa shape index (κ3) is 4.41. The zero-order chi connectivity index (χ0) is 23.5. The van der Waals surface area contributed by atoms with Crippen molar-refractivity contribution in [2.75, 3.05) is 16.2 Å². The molecule has 5 rings (SSSR count). The van der Waals surface area contributed by atoms with Crippen molar-refractivity contribution in [1.29, 1.82) is 0 Å². The quantitative estimate of drug-likeness (QED) is 0.402. The summed E-state index contributed by atoms with van der Waals surface area (Å²) in [4.78, 5) is 12.8. The van der Waals surface area contributed by atoms with Crippen molar-refractivity contribution in [3.63, 3.8) is 0 Å². The molecule has 0 saturated carbocycles. The SMILES string of the molecule is O=C(CCc1ccc(S(=O)(=O)N2CCCc3ccccc32)cc1)Nc1cccc2ccccc12. The minimum Gasteiger partial charge on any atom is -0.326 e. The van der Waals surface area contributed by atoms with E-state index in [4.69, 9.17) is 0 Å². The monoisotopic (exact) mass is 470 g/mol. The second-order valence-corrected chi connectivity index (χ2v) is 10.4. The maximum absolute atomic E-state index is 13.3. The van der Waals surface area contributed by atoms with Crippen molar-refractivity contribution in [2.24, 2.45) is 0 Å². The van der Waals surface area contributed by atoms with Gasteiger partial charge in [0.1, 0.15) is 0 Å². The number of para-hydroxylation sites is 1. The minimum absolute atomic E-state index is 0.0713. The number of amides is 1. The number of aryl methyl sites for hydroxylation is 2. The fraction of sp³-hybridized carbons (Fsp3) is 0.179. The van der Waals surface area contributed by atoms with Gasteiger partial charge in [-0.25, -0.2) is 8.42 Å². The van der Waals surface area contributed by atoms with E-state index >= 15 is 0 Å². The lowest BCUT2D eigenvalue weighted by Crippen LogP contribution is -2.35. The Labute approximate surface area is 200 Å². The highest BCUT2D eigenvalue weighted by atomic mass is 32.2. The molecule has 1 aliphatic rings. The standard InChI is InChI=1S/C28H26N2O3S/c31-28(29-26-12-5-9-22-7-1-3-11-25(22)26)19-16-21-14-17-24(18-15-21)34(32,33)30-20-6-10-23-8-2-4-13-27(23)30/h1-5,7-9,11-15,17-18H,6,10,16,19-20H2,(H,29,31). The second-order valence-electron chi connectivity index (χ2n) is 8.53. The molecule has 0 unspecified atom stereocenters. The number of hydrogen-bond donors (Lipinski definition) is 1. The maximum Gasteiger partial charge on any atom is 0.264 e. The van der Waals surface area contributed by atoms with Gasteiger partial charge < -0.3 is 5.32 Å². The lowest BCUT2D eigenvalue weighted by Gasteiger charge is -2.30. The lowest BCUT2D eigenvalue weighted by atomic mass is 10.0. The summed E-state index contributed by atoms with van der Waals surface area (Å²) in [5.74, 6) is -0.0713. The number of carbonyl (C=O) groups excluding carboxylic acids is 1. The zero-order valence-corrected chi connectivity index (χ0v) is 19.6. The van der Waals surface area contributed by atoms with Crippen LogP contribution in [-0.2, 0) is 27.7 Å². The summed E-state index contributed by atoms with van der Waals surface area (Å²) in [7, 11) is -3.63. The molecule has 5 nitrogen and oxygen atoms in total. The van der Waals surface area contributed by atoms with E-state index < -0.39 is 10.0 Å². The van der Waals surface area contributed by atoms with Gasteiger partial charge in [-0.2, -0.15) is 0 Å². The average molecular weight is 471 g/mol. The van der Waals surface area contributed by atoms with Crippen LogP contribution in [0.4, 0.5) is 11.4 Å². The highest BCUT2D eigenvalue weighted by Crippen LogP contribution is 2.32. The number of nitrogens with zero attached hydrogens (tertiary/aromatic N) is 1. The van der Waals surface area contributed by atoms with Crippen LogP contribution < -0.4 is 9.62 Å². The predicted octanol–water partition coefficient (Wildman–Crippen LogP) is 5.55. The molecule has 172 valence electrons. The summed E-state index contributed by atoms with van der Waals surface area (Å²) in [6.45, 7) is 0.482. The van der Waals surface area contributed by atoms with E-state index in [2.05, 4.69) is 5.32 Å². The fourth-order valence-electron chi connectivity index (χ4n) is 4.51. The topological polar surface area (TPSA) is 66.5 Å². The normalized spacial score (nSPS) is 13.5. The number of hydrogen-bond acceptors (Lipinski definition) is 3. The van der Waals surface area contributed by atoms with E-state index in [1.165, 1.54) is 4.31 Å². The van der Waals surface area contributed by atoms with E-state index in [9.17, 15) is 13.2 Å². The molecule has 4 aromatic rings. The summed E-state index contributed by atoms with van der Waals surface area (Å²) >= 11 is 0. The Morgan fingerprint density at radius 2 is 1.59 bits per heavy atom. The number of rotatable bonds is 6. The van der Waals surface area contributed by atoms with E-state index in [1.807, 2.05) is 66.7 Å². The van der Waals surface area contributed by atoms with Crippen LogP contribution in [0.2, 0.25) is 0 Å². The summed E-state index contributed by atoms with van der Waals surface area (Å²) in [6, 6.07) is 28.3. The van der Waals surface area contributed by atoms with Gasteiger partial charge in [0.25, 0.3) is 10.0 Å². The van der Waals surface area contributed by atoms with Gasteiger partial charge in [-0.05, 0) is 60.0 Å². The van der Waals surface area contributed by atoms with Crippen LogP contribution in [0.25, 0.3) is 10.8 Å². The molecule has 4 aromatic carbocycles. The first kappa shape index (κ1) is 22.2. The van der Waals surface area contributed by atoms with Crippen molar-refractivity contribution in [1.82, 2.24) is 0 Å². The van der Waals surface area contributed by atoms with Crippen molar-refractivity contribution >= 4 is 38.1 Å². The number of anilines is 2. The molecule has 0 bridgehead atoms. The summed E-state index contributed by atoms with van der Waals surface area (Å²) in [5.41, 5.74) is 3.55. The Morgan fingerprint density at radius 1 is 0.853 bits per heavy atom. The van der Waals surface area contributed by atoms with Crippen LogP contribution in [-0.4, -0.2) is 20.9 Å². The first-order valence-electron chi connectivity index (χ1n) is 11.5. The highest BCUT2D eigenvalue weighted by molar-refractivity contribution is 7.92. The molecule has 1 heterocycles. The van der Waals surface area contributed by atoms with Gasteiger partial charge in [0, 0.05) is 24.0 Å². The van der Waals surface area contributed by atoms with Crippen molar-refractivity contribution in [3.05, 3.63) is 102 Å².